The first-order valence-corrected chi connectivity index (χ1v) is 16.6. The Bertz CT molecular complexity index is 1670. The zero-order valence-corrected chi connectivity index (χ0v) is 24.8. The van der Waals surface area contributed by atoms with Gasteiger partial charge < -0.3 is 18.1 Å². The van der Waals surface area contributed by atoms with Gasteiger partial charge in [0.2, 0.25) is 0 Å². The molecule has 5 aromatic rings. The Hall–Kier alpha value is -4.64. The molecule has 0 fully saturated rings. The highest BCUT2D eigenvalue weighted by atomic mass is 31.2. The molecule has 210 valence electrons. The van der Waals surface area contributed by atoms with E-state index in [-0.39, 0.29) is 0 Å². The van der Waals surface area contributed by atoms with Gasteiger partial charge >= 0.3 is 15.3 Å². The molecule has 10 heteroatoms. The maximum atomic E-state index is 6.49. The lowest BCUT2D eigenvalue weighted by Crippen LogP contribution is -2.10. The second kappa shape index (κ2) is 10.6. The minimum atomic E-state index is -2.96. The van der Waals surface area contributed by atoms with Crippen LogP contribution in [0.4, 0.5) is 11.4 Å². The Morgan fingerprint density at radius 1 is 0.405 bits per heavy atom. The molecule has 7 rings (SSSR count). The van der Waals surface area contributed by atoms with E-state index in [0.29, 0.717) is 23.0 Å². The maximum Gasteiger partial charge on any atom is 0.422 e. The summed E-state index contributed by atoms with van der Waals surface area (Å²) in [5, 5.41) is 6.90. The molecule has 5 aromatic carbocycles. The number of hydrogen-bond donors (Lipinski definition) is 2. The number of benzene rings is 5. The average Bonchev–Trinajstić information content (AvgIpc) is 3.26. The molecule has 0 bridgehead atoms. The zero-order valence-electron chi connectivity index (χ0n) is 23.0. The van der Waals surface area contributed by atoms with Crippen LogP contribution in [0.25, 0.3) is 22.3 Å². The van der Waals surface area contributed by atoms with Crippen LogP contribution in [0.15, 0.2) is 131 Å². The number of rotatable bonds is 4. The van der Waals surface area contributed by atoms with Crippen LogP contribution in [0, 0.1) is 0 Å². The lowest BCUT2D eigenvalue weighted by atomic mass is 10.0. The van der Waals surface area contributed by atoms with Crippen LogP contribution in [0.1, 0.15) is 0 Å². The number of nitrogens with one attached hydrogen (secondary N) is 2. The molecule has 2 aliphatic rings. The monoisotopic (exact) mass is 594 g/mol. The Labute approximate surface area is 244 Å². The summed E-state index contributed by atoms with van der Waals surface area (Å²) < 4.78 is 35.2. The lowest BCUT2D eigenvalue weighted by molar-refractivity contribution is 0.488. The Kier molecular flexibility index (Phi) is 6.66. The molecule has 8 nitrogen and oxygen atoms in total. The first-order chi connectivity index (χ1) is 20.6. The highest BCUT2D eigenvalue weighted by molar-refractivity contribution is 7.59. The van der Waals surface area contributed by atoms with Crippen molar-refractivity contribution in [3.63, 3.8) is 0 Å². The normalized spacial score (nSPS) is 15.1. The third-order valence-corrected chi connectivity index (χ3v) is 10.9. The molecule has 0 unspecified atom stereocenters. The van der Waals surface area contributed by atoms with Gasteiger partial charge in [0.25, 0.3) is 0 Å². The average molecular weight is 595 g/mol. The Morgan fingerprint density at radius 2 is 0.667 bits per heavy atom. The highest BCUT2D eigenvalue weighted by Gasteiger charge is 2.33. The van der Waals surface area contributed by atoms with E-state index in [1.54, 1.807) is 14.1 Å². The number of fused-ring (bicyclic) bond motifs is 6. The fraction of sp³-hybridized carbons (Fsp3) is 0.0625. The number of nitrogens with zero attached hydrogens (tertiary/aromatic N) is 2. The van der Waals surface area contributed by atoms with Crippen molar-refractivity contribution < 1.29 is 18.1 Å². The third kappa shape index (κ3) is 4.79. The standard InChI is InChI=1S/C32H28N4O4P2/c1-33-41(37-29-15-7-3-11-25(29)26-12-4-8-16-30(26)38-41)35-23-19-21-24(22-20-23)36-42(34-2)39-31-17-9-5-13-27(31)28-14-6-10-18-32(28)40-42/h3-22,35-36H,1-2H3. The van der Waals surface area contributed by atoms with Gasteiger partial charge in [0.15, 0.2) is 0 Å². The van der Waals surface area contributed by atoms with Crippen molar-refractivity contribution >= 4 is 26.7 Å². The van der Waals surface area contributed by atoms with Gasteiger partial charge in [-0.05, 0) is 48.5 Å². The van der Waals surface area contributed by atoms with Gasteiger partial charge in [-0.2, -0.15) is 0 Å². The van der Waals surface area contributed by atoms with Crippen molar-refractivity contribution in [3.8, 4) is 45.3 Å². The van der Waals surface area contributed by atoms with Crippen LogP contribution in [0.5, 0.6) is 23.0 Å². The van der Waals surface area contributed by atoms with Crippen LogP contribution in [-0.4, -0.2) is 14.1 Å². The van der Waals surface area contributed by atoms with Gasteiger partial charge in [0, 0.05) is 47.7 Å². The predicted octanol–water partition coefficient (Wildman–Crippen LogP) is 9.94. The second-order valence-electron chi connectivity index (χ2n) is 9.59. The number of hydrogen-bond acceptors (Lipinski definition) is 6. The molecular formula is C32H28N4O4P2. The van der Waals surface area contributed by atoms with E-state index in [0.717, 1.165) is 33.6 Å². The van der Waals surface area contributed by atoms with Crippen molar-refractivity contribution in [3.05, 3.63) is 121 Å². The van der Waals surface area contributed by atoms with Crippen molar-refractivity contribution in [2.24, 2.45) is 9.49 Å². The predicted molar refractivity (Wildman–Crippen MR) is 170 cm³/mol. The van der Waals surface area contributed by atoms with Crippen LogP contribution in [0.3, 0.4) is 0 Å². The molecule has 42 heavy (non-hydrogen) atoms. The molecule has 0 amide bonds. The van der Waals surface area contributed by atoms with Gasteiger partial charge in [0.1, 0.15) is 23.0 Å². The molecule has 0 spiro atoms. The molecule has 0 radical (unpaired) electrons. The van der Waals surface area contributed by atoms with Gasteiger partial charge in [-0.15, -0.1) is 0 Å². The summed E-state index contributed by atoms with van der Waals surface area (Å²) in [6.07, 6.45) is 0. The summed E-state index contributed by atoms with van der Waals surface area (Å²) in [6.45, 7) is 0. The molecule has 0 saturated carbocycles. The smallest absolute Gasteiger partial charge is 0.414 e. The molecule has 0 aliphatic carbocycles. The van der Waals surface area contributed by atoms with Crippen LogP contribution < -0.4 is 28.3 Å². The Morgan fingerprint density at radius 3 is 0.929 bits per heavy atom. The summed E-state index contributed by atoms with van der Waals surface area (Å²) in [6, 6.07) is 39.4. The van der Waals surface area contributed by atoms with Crippen molar-refractivity contribution in [1.29, 1.82) is 0 Å². The van der Waals surface area contributed by atoms with Gasteiger partial charge in [-0.3, -0.25) is 10.2 Å². The molecule has 2 N–H and O–H groups in total. The minimum Gasteiger partial charge on any atom is -0.414 e. The van der Waals surface area contributed by atoms with Crippen LogP contribution in [-0.2, 0) is 0 Å². The maximum absolute atomic E-state index is 6.49. The largest absolute Gasteiger partial charge is 0.422 e. The third-order valence-electron chi connectivity index (χ3n) is 6.97. The molecule has 0 aromatic heterocycles. The van der Waals surface area contributed by atoms with Gasteiger partial charge in [-0.25, -0.2) is 9.49 Å². The minimum absolute atomic E-state index is 0.715. The van der Waals surface area contributed by atoms with E-state index in [2.05, 4.69) is 19.7 Å². The van der Waals surface area contributed by atoms with Crippen molar-refractivity contribution in [1.82, 2.24) is 0 Å². The lowest BCUT2D eigenvalue weighted by Gasteiger charge is -2.26. The van der Waals surface area contributed by atoms with E-state index in [1.807, 2.05) is 121 Å². The summed E-state index contributed by atoms with van der Waals surface area (Å²) >= 11 is 0. The van der Waals surface area contributed by atoms with Crippen molar-refractivity contribution in [2.45, 2.75) is 0 Å². The van der Waals surface area contributed by atoms with Crippen LogP contribution in [0.2, 0.25) is 0 Å². The van der Waals surface area contributed by atoms with Crippen molar-refractivity contribution in [2.75, 3.05) is 24.3 Å². The number of anilines is 2. The summed E-state index contributed by atoms with van der Waals surface area (Å²) in [5.74, 6) is 2.86. The Balaban J connectivity index is 1.18. The van der Waals surface area contributed by atoms with E-state index < -0.39 is 15.3 Å². The quantitative estimate of drug-likeness (QED) is 0.202. The fourth-order valence-corrected chi connectivity index (χ4v) is 8.38. The fourth-order valence-electron chi connectivity index (χ4n) is 4.95. The summed E-state index contributed by atoms with van der Waals surface area (Å²) in [4.78, 5) is 0. The topological polar surface area (TPSA) is 85.7 Å². The van der Waals surface area contributed by atoms with Gasteiger partial charge in [0.05, 0.1) is 0 Å². The highest BCUT2D eigenvalue weighted by Crippen LogP contribution is 2.59. The van der Waals surface area contributed by atoms with E-state index in [1.165, 1.54) is 0 Å². The molecular weight excluding hydrogens is 566 g/mol. The first-order valence-electron chi connectivity index (χ1n) is 13.4. The van der Waals surface area contributed by atoms with E-state index in [9.17, 15) is 0 Å². The molecule has 0 atom stereocenters. The molecule has 2 aliphatic heterocycles. The van der Waals surface area contributed by atoms with E-state index in [4.69, 9.17) is 18.1 Å². The summed E-state index contributed by atoms with van der Waals surface area (Å²) in [7, 11) is -2.49. The second-order valence-corrected chi connectivity index (χ2v) is 13.7. The SMILES string of the molecule is CN=P1(Nc2ccc(NP3(=NC)Oc4ccccc4-c4ccccc4O3)cc2)Oc2ccccc2-c2ccccc2O1. The first kappa shape index (κ1) is 26.3. The van der Waals surface area contributed by atoms with Crippen LogP contribution >= 0.6 is 15.3 Å². The van der Waals surface area contributed by atoms with Gasteiger partial charge in [-0.1, -0.05) is 72.8 Å². The zero-order chi connectivity index (χ0) is 28.6. The summed E-state index contributed by atoms with van der Waals surface area (Å²) in [5.41, 5.74) is 5.42. The van der Waals surface area contributed by atoms with E-state index >= 15 is 0 Å². The molecule has 2 heterocycles. The number of para-hydroxylation sites is 4. The molecule has 0 saturated heterocycles.